The molecule has 0 aromatic heterocycles. The normalized spacial score (nSPS) is 26.7. The molecule has 4 heteroatoms. The zero-order valence-electron chi connectivity index (χ0n) is 13.5. The molecule has 4 nitrogen and oxygen atoms in total. The summed E-state index contributed by atoms with van der Waals surface area (Å²) in [7, 11) is 2.30. The highest BCUT2D eigenvalue weighted by molar-refractivity contribution is 5.89. The fourth-order valence-electron chi connectivity index (χ4n) is 4.35. The standard InChI is InChI=1S/C19H22N2O2/c1-20-16-3-2-4-17(20)11-21(10-16)15-6-5-13-8-18-19(23-12-22-18)9-14(13)7-15/h5-9,16-17H,2-4,10-12H2,1H3. The van der Waals surface area contributed by atoms with E-state index < -0.39 is 0 Å². The summed E-state index contributed by atoms with van der Waals surface area (Å²) in [5, 5.41) is 2.45. The SMILES string of the molecule is CN1C2CCCC1CN(c1ccc3cc4c(cc3c1)OCO4)C2. The van der Waals surface area contributed by atoms with Crippen LogP contribution in [0.5, 0.6) is 11.5 Å². The predicted molar refractivity (Wildman–Crippen MR) is 91.5 cm³/mol. The van der Waals surface area contributed by atoms with Crippen molar-refractivity contribution in [1.82, 2.24) is 4.90 Å². The lowest BCUT2D eigenvalue weighted by Crippen LogP contribution is -2.59. The van der Waals surface area contributed by atoms with Gasteiger partial charge in [0, 0.05) is 30.9 Å². The van der Waals surface area contributed by atoms with Crippen LogP contribution in [0, 0.1) is 0 Å². The molecule has 3 aliphatic rings. The lowest BCUT2D eigenvalue weighted by molar-refractivity contribution is 0.0951. The van der Waals surface area contributed by atoms with Crippen molar-refractivity contribution in [2.24, 2.45) is 0 Å². The zero-order chi connectivity index (χ0) is 15.4. The highest BCUT2D eigenvalue weighted by Gasteiger charge is 2.34. The van der Waals surface area contributed by atoms with Crippen LogP contribution in [0.3, 0.4) is 0 Å². The van der Waals surface area contributed by atoms with Gasteiger partial charge in [0.1, 0.15) is 0 Å². The van der Waals surface area contributed by atoms with E-state index in [4.69, 9.17) is 9.47 Å². The van der Waals surface area contributed by atoms with Gasteiger partial charge < -0.3 is 14.4 Å². The van der Waals surface area contributed by atoms with Gasteiger partial charge in [0.2, 0.25) is 6.79 Å². The van der Waals surface area contributed by atoms with E-state index in [2.05, 4.69) is 47.2 Å². The summed E-state index contributed by atoms with van der Waals surface area (Å²) in [6.45, 7) is 2.62. The van der Waals surface area contributed by atoms with Crippen molar-refractivity contribution in [2.75, 3.05) is 31.8 Å². The first kappa shape index (κ1) is 13.5. The number of piperazine rings is 1. The van der Waals surface area contributed by atoms with E-state index in [1.54, 1.807) is 0 Å². The number of fused-ring (bicyclic) bond motifs is 4. The van der Waals surface area contributed by atoms with Gasteiger partial charge in [0.05, 0.1) is 0 Å². The van der Waals surface area contributed by atoms with Gasteiger partial charge in [-0.15, -0.1) is 0 Å². The van der Waals surface area contributed by atoms with Gasteiger partial charge in [-0.3, -0.25) is 4.90 Å². The Balaban J connectivity index is 1.50. The molecule has 2 unspecified atom stereocenters. The van der Waals surface area contributed by atoms with Gasteiger partial charge >= 0.3 is 0 Å². The van der Waals surface area contributed by atoms with Crippen LogP contribution >= 0.6 is 0 Å². The number of ether oxygens (including phenoxy) is 2. The van der Waals surface area contributed by atoms with Gasteiger partial charge in [-0.2, -0.15) is 0 Å². The maximum atomic E-state index is 5.52. The monoisotopic (exact) mass is 310 g/mol. The van der Waals surface area contributed by atoms with Gasteiger partial charge in [-0.1, -0.05) is 12.5 Å². The van der Waals surface area contributed by atoms with Crippen molar-refractivity contribution in [3.63, 3.8) is 0 Å². The Morgan fingerprint density at radius 3 is 2.35 bits per heavy atom. The predicted octanol–water partition coefficient (Wildman–Crippen LogP) is 3.24. The van der Waals surface area contributed by atoms with Crippen molar-refractivity contribution in [3.05, 3.63) is 30.3 Å². The second-order valence-electron chi connectivity index (χ2n) is 7.05. The van der Waals surface area contributed by atoms with Gasteiger partial charge in [-0.05, 0) is 54.9 Å². The smallest absolute Gasteiger partial charge is 0.231 e. The summed E-state index contributed by atoms with van der Waals surface area (Å²) in [6.07, 6.45) is 4.04. The average Bonchev–Trinajstić information content (AvgIpc) is 2.99. The first-order chi connectivity index (χ1) is 11.3. The average molecular weight is 310 g/mol. The van der Waals surface area contributed by atoms with Crippen LogP contribution in [0.4, 0.5) is 5.69 Å². The van der Waals surface area contributed by atoms with Crippen molar-refractivity contribution >= 4 is 16.5 Å². The molecule has 0 saturated carbocycles. The van der Waals surface area contributed by atoms with E-state index in [1.165, 1.54) is 35.7 Å². The van der Waals surface area contributed by atoms with E-state index >= 15 is 0 Å². The van der Waals surface area contributed by atoms with E-state index in [9.17, 15) is 0 Å². The summed E-state index contributed by atoms with van der Waals surface area (Å²) >= 11 is 0. The maximum absolute atomic E-state index is 5.52. The third-order valence-corrected chi connectivity index (χ3v) is 5.77. The van der Waals surface area contributed by atoms with E-state index in [1.807, 2.05) is 0 Å². The molecule has 2 bridgehead atoms. The topological polar surface area (TPSA) is 24.9 Å². The third-order valence-electron chi connectivity index (χ3n) is 5.77. The molecule has 2 aromatic carbocycles. The molecular formula is C19H22N2O2. The van der Waals surface area contributed by atoms with Crippen LogP contribution in [-0.2, 0) is 0 Å². The minimum absolute atomic E-state index is 0.334. The molecule has 3 heterocycles. The minimum Gasteiger partial charge on any atom is -0.454 e. The van der Waals surface area contributed by atoms with Crippen molar-refractivity contribution in [3.8, 4) is 11.5 Å². The quantitative estimate of drug-likeness (QED) is 0.807. The second kappa shape index (κ2) is 5.03. The fourth-order valence-corrected chi connectivity index (χ4v) is 4.35. The Morgan fingerprint density at radius 2 is 1.61 bits per heavy atom. The maximum Gasteiger partial charge on any atom is 0.231 e. The number of hydrogen-bond acceptors (Lipinski definition) is 4. The molecule has 23 heavy (non-hydrogen) atoms. The fraction of sp³-hybridized carbons (Fsp3) is 0.474. The number of rotatable bonds is 1. The van der Waals surface area contributed by atoms with Crippen LogP contribution < -0.4 is 14.4 Å². The summed E-state index contributed by atoms with van der Waals surface area (Å²) in [5.74, 6) is 1.73. The zero-order valence-corrected chi connectivity index (χ0v) is 13.5. The molecule has 0 amide bonds. The minimum atomic E-state index is 0.334. The third kappa shape index (κ3) is 2.16. The van der Waals surface area contributed by atoms with Crippen LogP contribution in [0.25, 0.3) is 10.8 Å². The largest absolute Gasteiger partial charge is 0.454 e. The van der Waals surface area contributed by atoms with Crippen LogP contribution in [0.2, 0.25) is 0 Å². The Hall–Kier alpha value is -1.94. The molecule has 2 aromatic rings. The summed E-state index contributed by atoms with van der Waals surface area (Å²) in [6, 6.07) is 12.4. The molecule has 0 spiro atoms. The summed E-state index contributed by atoms with van der Waals surface area (Å²) < 4.78 is 11.0. The Morgan fingerprint density at radius 1 is 0.913 bits per heavy atom. The highest BCUT2D eigenvalue weighted by Crippen LogP contribution is 2.38. The molecule has 0 N–H and O–H groups in total. The molecule has 3 aliphatic heterocycles. The molecule has 0 radical (unpaired) electrons. The Labute approximate surface area is 136 Å². The molecule has 120 valence electrons. The Bertz CT molecular complexity index is 746. The summed E-state index contributed by atoms with van der Waals surface area (Å²) in [5.41, 5.74) is 1.33. The van der Waals surface area contributed by atoms with Crippen LogP contribution in [0.15, 0.2) is 30.3 Å². The van der Waals surface area contributed by atoms with Crippen LogP contribution in [0.1, 0.15) is 19.3 Å². The summed E-state index contributed by atoms with van der Waals surface area (Å²) in [4.78, 5) is 5.16. The number of anilines is 1. The molecule has 2 fully saturated rings. The van der Waals surface area contributed by atoms with Gasteiger partial charge in [0.25, 0.3) is 0 Å². The number of hydrogen-bond donors (Lipinski definition) is 0. The molecule has 2 atom stereocenters. The number of piperidine rings is 1. The molecule has 0 aliphatic carbocycles. The van der Waals surface area contributed by atoms with E-state index in [-0.39, 0.29) is 0 Å². The van der Waals surface area contributed by atoms with E-state index in [0.717, 1.165) is 24.6 Å². The van der Waals surface area contributed by atoms with Crippen molar-refractivity contribution in [2.45, 2.75) is 31.3 Å². The van der Waals surface area contributed by atoms with Gasteiger partial charge in [0.15, 0.2) is 11.5 Å². The number of likely N-dealkylation sites (N-methyl/N-ethyl adjacent to an activating group) is 1. The Kier molecular flexibility index (Phi) is 2.95. The first-order valence-corrected chi connectivity index (χ1v) is 8.58. The highest BCUT2D eigenvalue weighted by atomic mass is 16.7. The van der Waals surface area contributed by atoms with Crippen molar-refractivity contribution < 1.29 is 9.47 Å². The lowest BCUT2D eigenvalue weighted by atomic mass is 9.91. The first-order valence-electron chi connectivity index (χ1n) is 8.58. The van der Waals surface area contributed by atoms with Gasteiger partial charge in [-0.25, -0.2) is 0 Å². The van der Waals surface area contributed by atoms with E-state index in [0.29, 0.717) is 18.9 Å². The molecular weight excluding hydrogens is 288 g/mol. The lowest BCUT2D eigenvalue weighted by Gasteiger charge is -2.49. The second-order valence-corrected chi connectivity index (χ2v) is 7.05. The van der Waals surface area contributed by atoms with Crippen molar-refractivity contribution in [1.29, 1.82) is 0 Å². The molecule has 5 rings (SSSR count). The number of benzene rings is 2. The van der Waals surface area contributed by atoms with Crippen LogP contribution in [-0.4, -0.2) is 43.9 Å². The molecule has 2 saturated heterocycles. The number of nitrogens with zero attached hydrogens (tertiary/aromatic N) is 2.